The second kappa shape index (κ2) is 6.74. The summed E-state index contributed by atoms with van der Waals surface area (Å²) in [7, 11) is -0.370. The maximum absolute atomic E-state index is 12.7. The largest absolute Gasteiger partial charge is 0.496 e. The van der Waals surface area contributed by atoms with E-state index < -0.39 is 10.0 Å². The number of hydrogen-bond donors (Lipinski definition) is 1. The van der Waals surface area contributed by atoms with E-state index in [0.29, 0.717) is 24.4 Å². The monoisotopic (exact) mass is 314 g/mol. The number of benzene rings is 1. The van der Waals surface area contributed by atoms with Gasteiger partial charge >= 0.3 is 0 Å². The molecule has 0 saturated carbocycles. The van der Waals surface area contributed by atoms with Crippen molar-refractivity contribution in [3.8, 4) is 5.75 Å². The molecule has 6 nitrogen and oxygen atoms in total. The molecule has 0 aromatic heterocycles. The highest BCUT2D eigenvalue weighted by atomic mass is 32.2. The number of nitrogens with two attached hydrogens (primary N) is 1. The second-order valence-electron chi connectivity index (χ2n) is 5.04. The minimum atomic E-state index is -3.52. The Morgan fingerprint density at radius 3 is 2.76 bits per heavy atom. The quantitative estimate of drug-likeness (QED) is 0.875. The van der Waals surface area contributed by atoms with Crippen LogP contribution in [0.1, 0.15) is 18.4 Å². The lowest BCUT2D eigenvalue weighted by molar-refractivity contribution is 0.0572. The Balaban J connectivity index is 2.30. The van der Waals surface area contributed by atoms with Crippen LogP contribution in [-0.2, 0) is 21.3 Å². The highest BCUT2D eigenvalue weighted by molar-refractivity contribution is 7.89. The summed E-state index contributed by atoms with van der Waals surface area (Å²) in [5, 5.41) is 0. The van der Waals surface area contributed by atoms with E-state index >= 15 is 0 Å². The first-order chi connectivity index (χ1) is 10.0. The zero-order valence-electron chi connectivity index (χ0n) is 12.4. The normalized spacial score (nSPS) is 20.4. The van der Waals surface area contributed by atoms with Gasteiger partial charge in [-0.25, -0.2) is 8.42 Å². The summed E-state index contributed by atoms with van der Waals surface area (Å²) >= 11 is 0. The van der Waals surface area contributed by atoms with Crippen molar-refractivity contribution in [3.63, 3.8) is 0 Å². The van der Waals surface area contributed by atoms with Crippen molar-refractivity contribution in [1.29, 1.82) is 0 Å². The van der Waals surface area contributed by atoms with Gasteiger partial charge in [-0.05, 0) is 31.0 Å². The van der Waals surface area contributed by atoms with Crippen LogP contribution in [-0.4, -0.2) is 46.1 Å². The summed E-state index contributed by atoms with van der Waals surface area (Å²) in [6.07, 6.45) is 1.65. The molecule has 1 saturated heterocycles. The Morgan fingerprint density at radius 2 is 2.14 bits per heavy atom. The third kappa shape index (κ3) is 3.37. The van der Waals surface area contributed by atoms with E-state index in [-0.39, 0.29) is 17.5 Å². The molecule has 7 heteroatoms. The van der Waals surface area contributed by atoms with Gasteiger partial charge in [0, 0.05) is 32.3 Å². The smallest absolute Gasteiger partial charge is 0.243 e. The molecule has 0 amide bonds. The van der Waals surface area contributed by atoms with Crippen molar-refractivity contribution in [1.82, 2.24) is 4.31 Å². The number of hydrogen-bond acceptors (Lipinski definition) is 5. The second-order valence-corrected chi connectivity index (χ2v) is 6.98. The number of piperidine rings is 1. The van der Waals surface area contributed by atoms with E-state index in [2.05, 4.69) is 0 Å². The van der Waals surface area contributed by atoms with Gasteiger partial charge in [0.2, 0.25) is 10.0 Å². The number of rotatable bonds is 5. The molecule has 0 aliphatic carbocycles. The highest BCUT2D eigenvalue weighted by Gasteiger charge is 2.30. The van der Waals surface area contributed by atoms with Crippen LogP contribution in [0.3, 0.4) is 0 Å². The molecular weight excluding hydrogens is 292 g/mol. The highest BCUT2D eigenvalue weighted by Crippen LogP contribution is 2.26. The van der Waals surface area contributed by atoms with Crippen LogP contribution < -0.4 is 10.5 Å². The van der Waals surface area contributed by atoms with E-state index in [1.54, 1.807) is 25.3 Å². The van der Waals surface area contributed by atoms with Crippen molar-refractivity contribution < 1.29 is 17.9 Å². The molecule has 2 N–H and O–H groups in total. The van der Waals surface area contributed by atoms with E-state index in [1.807, 2.05) is 0 Å². The molecule has 1 heterocycles. The van der Waals surface area contributed by atoms with Gasteiger partial charge in [0.25, 0.3) is 0 Å². The minimum Gasteiger partial charge on any atom is -0.496 e. The average Bonchev–Trinajstić information content (AvgIpc) is 2.54. The zero-order chi connectivity index (χ0) is 15.5. The molecule has 1 fully saturated rings. The molecule has 1 atom stereocenters. The van der Waals surface area contributed by atoms with E-state index in [0.717, 1.165) is 12.8 Å². The molecular formula is C14H22N2O4S. The summed E-state index contributed by atoms with van der Waals surface area (Å²) in [4.78, 5) is 0.250. The summed E-state index contributed by atoms with van der Waals surface area (Å²) in [6.45, 7) is 1.14. The zero-order valence-corrected chi connectivity index (χ0v) is 13.2. The lowest BCUT2D eigenvalue weighted by atomic mass is 10.1. The molecule has 1 unspecified atom stereocenters. The first-order valence-electron chi connectivity index (χ1n) is 6.93. The maximum Gasteiger partial charge on any atom is 0.243 e. The molecule has 0 spiro atoms. The molecule has 1 aliphatic rings. The Labute approximate surface area is 125 Å². The summed E-state index contributed by atoms with van der Waals surface area (Å²) in [6, 6.07) is 4.79. The third-order valence-electron chi connectivity index (χ3n) is 3.78. The SMILES string of the molecule is COc1ccc(S(=O)(=O)N2CCCC(OC)C2)cc1CN. The van der Waals surface area contributed by atoms with Gasteiger partial charge in [-0.15, -0.1) is 0 Å². The molecule has 2 rings (SSSR count). The molecule has 118 valence electrons. The van der Waals surface area contributed by atoms with Crippen molar-refractivity contribution in [2.45, 2.75) is 30.4 Å². The van der Waals surface area contributed by atoms with Gasteiger partial charge in [-0.3, -0.25) is 0 Å². The van der Waals surface area contributed by atoms with E-state index in [4.69, 9.17) is 15.2 Å². The Kier molecular flexibility index (Phi) is 5.21. The predicted molar refractivity (Wildman–Crippen MR) is 79.7 cm³/mol. The molecule has 0 bridgehead atoms. The topological polar surface area (TPSA) is 81.9 Å². The predicted octanol–water partition coefficient (Wildman–Crippen LogP) is 0.953. The van der Waals surface area contributed by atoms with Gasteiger partial charge < -0.3 is 15.2 Å². The lowest BCUT2D eigenvalue weighted by Crippen LogP contribution is -2.42. The lowest BCUT2D eigenvalue weighted by Gasteiger charge is -2.31. The first kappa shape index (κ1) is 16.2. The Bertz CT molecular complexity index is 589. The van der Waals surface area contributed by atoms with Crippen molar-refractivity contribution >= 4 is 10.0 Å². The number of sulfonamides is 1. The van der Waals surface area contributed by atoms with E-state index in [9.17, 15) is 8.42 Å². The first-order valence-corrected chi connectivity index (χ1v) is 8.37. The van der Waals surface area contributed by atoms with Crippen molar-refractivity contribution in [3.05, 3.63) is 23.8 Å². The van der Waals surface area contributed by atoms with Crippen LogP contribution in [0.5, 0.6) is 5.75 Å². The molecule has 0 radical (unpaired) electrons. The van der Waals surface area contributed by atoms with Gasteiger partial charge in [0.15, 0.2) is 0 Å². The standard InChI is InChI=1S/C14H22N2O4S/c1-19-12-4-3-7-16(10-12)21(17,18)13-5-6-14(20-2)11(8-13)9-15/h5-6,8,12H,3-4,7,9-10,15H2,1-2H3. The Morgan fingerprint density at radius 1 is 1.38 bits per heavy atom. The fourth-order valence-electron chi connectivity index (χ4n) is 2.54. The molecule has 21 heavy (non-hydrogen) atoms. The van der Waals surface area contributed by atoms with Crippen LogP contribution >= 0.6 is 0 Å². The molecule has 1 aromatic rings. The maximum atomic E-state index is 12.7. The van der Waals surface area contributed by atoms with Crippen LogP contribution in [0.25, 0.3) is 0 Å². The van der Waals surface area contributed by atoms with Crippen LogP contribution in [0.4, 0.5) is 0 Å². The van der Waals surface area contributed by atoms with E-state index in [1.165, 1.54) is 11.4 Å². The average molecular weight is 314 g/mol. The molecule has 1 aliphatic heterocycles. The van der Waals surface area contributed by atoms with Gasteiger partial charge in [-0.2, -0.15) is 4.31 Å². The third-order valence-corrected chi connectivity index (χ3v) is 5.64. The van der Waals surface area contributed by atoms with Crippen LogP contribution in [0.2, 0.25) is 0 Å². The number of nitrogens with zero attached hydrogens (tertiary/aromatic N) is 1. The molecule has 1 aromatic carbocycles. The fraction of sp³-hybridized carbons (Fsp3) is 0.571. The summed E-state index contributed by atoms with van der Waals surface area (Å²) in [5.74, 6) is 0.602. The van der Waals surface area contributed by atoms with Crippen molar-refractivity contribution in [2.75, 3.05) is 27.3 Å². The minimum absolute atomic E-state index is 0.0410. The van der Waals surface area contributed by atoms with Gasteiger partial charge in [-0.1, -0.05) is 0 Å². The van der Waals surface area contributed by atoms with Crippen LogP contribution in [0, 0.1) is 0 Å². The fourth-order valence-corrected chi connectivity index (χ4v) is 4.10. The Hall–Kier alpha value is -1.15. The van der Waals surface area contributed by atoms with Gasteiger partial charge in [0.05, 0.1) is 18.1 Å². The number of methoxy groups -OCH3 is 2. The van der Waals surface area contributed by atoms with Gasteiger partial charge in [0.1, 0.15) is 5.75 Å². The number of ether oxygens (including phenoxy) is 2. The summed E-state index contributed by atoms with van der Waals surface area (Å²) in [5.41, 5.74) is 6.33. The summed E-state index contributed by atoms with van der Waals surface area (Å²) < 4.78 is 37.4. The van der Waals surface area contributed by atoms with Crippen molar-refractivity contribution in [2.24, 2.45) is 5.73 Å². The van der Waals surface area contributed by atoms with Crippen LogP contribution in [0.15, 0.2) is 23.1 Å².